The Balaban J connectivity index is 1.75. The zero-order chi connectivity index (χ0) is 16.5. The van der Waals surface area contributed by atoms with Crippen LogP contribution in [0, 0.1) is 5.82 Å². The van der Waals surface area contributed by atoms with E-state index in [4.69, 9.17) is 4.74 Å². The number of nitrogens with one attached hydrogen (secondary N) is 1. The predicted molar refractivity (Wildman–Crippen MR) is 89.0 cm³/mol. The second kappa shape index (κ2) is 8.93. The highest BCUT2D eigenvalue weighted by Crippen LogP contribution is 2.19. The average molecular weight is 315 g/mol. The molecule has 0 fully saturated rings. The van der Waals surface area contributed by atoms with E-state index in [1.54, 1.807) is 6.07 Å². The van der Waals surface area contributed by atoms with Crippen molar-refractivity contribution in [3.05, 3.63) is 65.5 Å². The highest BCUT2D eigenvalue weighted by Gasteiger charge is 2.06. The van der Waals surface area contributed by atoms with Crippen molar-refractivity contribution >= 4 is 5.91 Å². The number of carbonyl (C=O) groups is 1. The molecule has 0 aliphatic heterocycles. The zero-order valence-corrected chi connectivity index (χ0v) is 13.3. The van der Waals surface area contributed by atoms with Gasteiger partial charge in [0.1, 0.15) is 11.6 Å². The normalized spacial score (nSPS) is 10.3. The van der Waals surface area contributed by atoms with Gasteiger partial charge in [0.25, 0.3) is 0 Å². The van der Waals surface area contributed by atoms with Crippen LogP contribution >= 0.6 is 0 Å². The fourth-order valence-electron chi connectivity index (χ4n) is 2.38. The minimum Gasteiger partial charge on any atom is -0.494 e. The maximum Gasteiger partial charge on any atom is 0.220 e. The highest BCUT2D eigenvalue weighted by atomic mass is 19.1. The molecule has 122 valence electrons. The van der Waals surface area contributed by atoms with Crippen molar-refractivity contribution in [1.29, 1.82) is 0 Å². The molecular formula is C19H22FNO2. The molecule has 0 heterocycles. The van der Waals surface area contributed by atoms with Gasteiger partial charge in [-0.1, -0.05) is 30.3 Å². The smallest absolute Gasteiger partial charge is 0.220 e. The third-order valence-electron chi connectivity index (χ3n) is 3.52. The number of halogens is 1. The molecule has 1 amide bonds. The molecule has 4 heteroatoms. The number of rotatable bonds is 8. The lowest BCUT2D eigenvalue weighted by Gasteiger charge is -2.10. The Hall–Kier alpha value is -2.36. The van der Waals surface area contributed by atoms with Gasteiger partial charge in [0.05, 0.1) is 6.61 Å². The van der Waals surface area contributed by atoms with E-state index >= 15 is 0 Å². The number of aryl methyl sites for hydroxylation is 1. The summed E-state index contributed by atoms with van der Waals surface area (Å²) in [4.78, 5) is 11.9. The molecule has 23 heavy (non-hydrogen) atoms. The fourth-order valence-corrected chi connectivity index (χ4v) is 2.38. The molecule has 0 saturated heterocycles. The topological polar surface area (TPSA) is 38.3 Å². The van der Waals surface area contributed by atoms with Gasteiger partial charge in [-0.3, -0.25) is 4.79 Å². The molecule has 0 aromatic heterocycles. The van der Waals surface area contributed by atoms with Gasteiger partial charge in [-0.05, 0) is 49.1 Å². The number of benzene rings is 2. The Kier molecular flexibility index (Phi) is 6.60. The second-order valence-electron chi connectivity index (χ2n) is 5.27. The summed E-state index contributed by atoms with van der Waals surface area (Å²) in [6.45, 7) is 3.06. The molecule has 2 rings (SSSR count). The Morgan fingerprint density at radius 1 is 1.13 bits per heavy atom. The number of para-hydroxylation sites is 1. The number of carbonyl (C=O) groups excluding carboxylic acids is 1. The van der Waals surface area contributed by atoms with Crippen LogP contribution in [0.3, 0.4) is 0 Å². The Morgan fingerprint density at radius 2 is 1.96 bits per heavy atom. The van der Waals surface area contributed by atoms with E-state index in [-0.39, 0.29) is 11.7 Å². The third-order valence-corrected chi connectivity index (χ3v) is 3.52. The standard InChI is InChI=1S/C19H22FNO2/c1-2-23-18-9-4-3-7-16(18)10-11-19(22)21-13-12-15-6-5-8-17(20)14-15/h3-9,14H,2,10-13H2,1H3,(H,21,22). The SMILES string of the molecule is CCOc1ccccc1CCC(=O)NCCc1cccc(F)c1. The fraction of sp³-hybridized carbons (Fsp3) is 0.316. The van der Waals surface area contributed by atoms with Crippen LogP contribution in [-0.4, -0.2) is 19.1 Å². The van der Waals surface area contributed by atoms with Crippen LogP contribution in [0.1, 0.15) is 24.5 Å². The van der Waals surface area contributed by atoms with Crippen LogP contribution in [0.15, 0.2) is 48.5 Å². The Morgan fingerprint density at radius 3 is 2.74 bits per heavy atom. The minimum absolute atomic E-state index is 0.00676. The summed E-state index contributed by atoms with van der Waals surface area (Å²) >= 11 is 0. The van der Waals surface area contributed by atoms with E-state index in [0.717, 1.165) is 16.9 Å². The average Bonchev–Trinajstić information content (AvgIpc) is 2.54. The van der Waals surface area contributed by atoms with E-state index in [9.17, 15) is 9.18 Å². The largest absolute Gasteiger partial charge is 0.494 e. The lowest BCUT2D eigenvalue weighted by molar-refractivity contribution is -0.121. The first-order valence-electron chi connectivity index (χ1n) is 7.91. The monoisotopic (exact) mass is 315 g/mol. The van der Waals surface area contributed by atoms with Crippen molar-refractivity contribution in [2.45, 2.75) is 26.2 Å². The van der Waals surface area contributed by atoms with Gasteiger partial charge in [-0.15, -0.1) is 0 Å². The van der Waals surface area contributed by atoms with Gasteiger partial charge in [0.15, 0.2) is 0 Å². The van der Waals surface area contributed by atoms with E-state index in [1.165, 1.54) is 12.1 Å². The lowest BCUT2D eigenvalue weighted by Crippen LogP contribution is -2.25. The van der Waals surface area contributed by atoms with E-state index in [2.05, 4.69) is 5.32 Å². The van der Waals surface area contributed by atoms with Crippen molar-refractivity contribution in [3.63, 3.8) is 0 Å². The molecule has 2 aromatic carbocycles. The maximum absolute atomic E-state index is 13.1. The number of amides is 1. The van der Waals surface area contributed by atoms with Crippen molar-refractivity contribution < 1.29 is 13.9 Å². The summed E-state index contributed by atoms with van der Waals surface area (Å²) in [5.41, 5.74) is 1.92. The number of hydrogen-bond donors (Lipinski definition) is 1. The summed E-state index contributed by atoms with van der Waals surface area (Å²) in [6.07, 6.45) is 1.67. The van der Waals surface area contributed by atoms with E-state index in [1.807, 2.05) is 37.3 Å². The zero-order valence-electron chi connectivity index (χ0n) is 13.3. The van der Waals surface area contributed by atoms with Crippen LogP contribution in [0.5, 0.6) is 5.75 Å². The minimum atomic E-state index is -0.249. The predicted octanol–water partition coefficient (Wildman–Crippen LogP) is 3.52. The van der Waals surface area contributed by atoms with Crippen molar-refractivity contribution in [2.24, 2.45) is 0 Å². The molecule has 0 unspecified atom stereocenters. The summed E-state index contributed by atoms with van der Waals surface area (Å²) in [5.74, 6) is 0.580. The molecule has 0 saturated carbocycles. The first-order chi connectivity index (χ1) is 11.2. The van der Waals surface area contributed by atoms with Crippen molar-refractivity contribution in [3.8, 4) is 5.75 Å². The highest BCUT2D eigenvalue weighted by molar-refractivity contribution is 5.76. The summed E-state index contributed by atoms with van der Waals surface area (Å²) in [7, 11) is 0. The molecule has 0 aliphatic carbocycles. The summed E-state index contributed by atoms with van der Waals surface area (Å²) in [5, 5.41) is 2.87. The summed E-state index contributed by atoms with van der Waals surface area (Å²) in [6, 6.07) is 14.2. The molecule has 2 aromatic rings. The Labute approximate surface area is 136 Å². The van der Waals surface area contributed by atoms with Gasteiger partial charge in [-0.2, -0.15) is 0 Å². The van der Waals surface area contributed by atoms with Gasteiger partial charge in [-0.25, -0.2) is 4.39 Å². The van der Waals surface area contributed by atoms with Crippen molar-refractivity contribution in [1.82, 2.24) is 5.32 Å². The maximum atomic E-state index is 13.1. The van der Waals surface area contributed by atoms with Gasteiger partial charge >= 0.3 is 0 Å². The van der Waals surface area contributed by atoms with Crippen LogP contribution in [0.4, 0.5) is 4.39 Å². The molecular weight excluding hydrogens is 293 g/mol. The Bertz CT molecular complexity index is 643. The molecule has 0 bridgehead atoms. The first kappa shape index (κ1) is 17.0. The van der Waals surface area contributed by atoms with Crippen molar-refractivity contribution in [2.75, 3.05) is 13.2 Å². The van der Waals surface area contributed by atoms with Gasteiger partial charge < -0.3 is 10.1 Å². The van der Waals surface area contributed by atoms with Crippen LogP contribution in [0.25, 0.3) is 0 Å². The molecule has 0 radical (unpaired) electrons. The van der Waals surface area contributed by atoms with E-state index in [0.29, 0.717) is 32.4 Å². The molecule has 0 aliphatic rings. The van der Waals surface area contributed by atoms with Crippen LogP contribution in [-0.2, 0) is 17.6 Å². The van der Waals surface area contributed by atoms with E-state index < -0.39 is 0 Å². The third kappa shape index (κ3) is 5.74. The quantitative estimate of drug-likeness (QED) is 0.809. The summed E-state index contributed by atoms with van der Waals surface area (Å²) < 4.78 is 18.6. The van der Waals surface area contributed by atoms with Crippen LogP contribution in [0.2, 0.25) is 0 Å². The van der Waals surface area contributed by atoms with Gasteiger partial charge in [0.2, 0.25) is 5.91 Å². The molecule has 1 N–H and O–H groups in total. The van der Waals surface area contributed by atoms with Crippen LogP contribution < -0.4 is 10.1 Å². The lowest BCUT2D eigenvalue weighted by atomic mass is 10.1. The number of ether oxygens (including phenoxy) is 1. The molecule has 0 atom stereocenters. The second-order valence-corrected chi connectivity index (χ2v) is 5.27. The molecule has 0 spiro atoms. The molecule has 3 nitrogen and oxygen atoms in total. The number of hydrogen-bond acceptors (Lipinski definition) is 2. The van der Waals surface area contributed by atoms with Gasteiger partial charge in [0, 0.05) is 13.0 Å². The first-order valence-corrected chi connectivity index (χ1v) is 7.91.